The average Bonchev–Trinajstić information content (AvgIpc) is 2.63. The van der Waals surface area contributed by atoms with E-state index in [1.165, 1.54) is 11.6 Å². The molecule has 3 rings (SSSR count). The lowest BCUT2D eigenvalue weighted by Crippen LogP contribution is -2.13. The van der Waals surface area contributed by atoms with Crippen LogP contribution >= 0.6 is 0 Å². The Morgan fingerprint density at radius 3 is 2.36 bits per heavy atom. The summed E-state index contributed by atoms with van der Waals surface area (Å²) in [6, 6.07) is 10.6. The second kappa shape index (κ2) is 7.56. The van der Waals surface area contributed by atoms with Gasteiger partial charge in [0.15, 0.2) is 0 Å². The number of nitrogens with two attached hydrogens (primary N) is 1. The van der Waals surface area contributed by atoms with Crippen molar-refractivity contribution < 1.29 is 9.90 Å². The first-order chi connectivity index (χ1) is 13.3. The molecule has 0 saturated carbocycles. The van der Waals surface area contributed by atoms with E-state index in [-0.39, 0.29) is 17.5 Å². The van der Waals surface area contributed by atoms with Crippen LogP contribution in [0.1, 0.15) is 39.7 Å². The normalized spacial score (nSPS) is 12.4. The highest BCUT2D eigenvalue weighted by atomic mass is 16.4. The zero-order chi connectivity index (χ0) is 20.4. The highest BCUT2D eigenvalue weighted by Crippen LogP contribution is 2.22. The van der Waals surface area contributed by atoms with E-state index in [1.54, 1.807) is 25.1 Å². The number of carbonyl (C=O) groups is 1. The summed E-state index contributed by atoms with van der Waals surface area (Å²) in [6.07, 6.45) is 0. The van der Waals surface area contributed by atoms with Gasteiger partial charge in [0.1, 0.15) is 0 Å². The summed E-state index contributed by atoms with van der Waals surface area (Å²) in [7, 11) is 0. The second-order valence-electron chi connectivity index (χ2n) is 6.58. The number of benzene rings is 2. The van der Waals surface area contributed by atoms with Gasteiger partial charge in [-0.2, -0.15) is 4.99 Å². The van der Waals surface area contributed by atoms with Gasteiger partial charge in [-0.3, -0.25) is 0 Å². The predicted octanol–water partition coefficient (Wildman–Crippen LogP) is 3.71. The molecule has 0 aliphatic rings. The Balaban J connectivity index is 2.01. The topological polar surface area (TPSA) is 114 Å². The molecule has 3 aromatic rings. The smallest absolute Gasteiger partial charge is 0.336 e. The number of hydrogen-bond acceptors (Lipinski definition) is 4. The van der Waals surface area contributed by atoms with Crippen LogP contribution in [-0.4, -0.2) is 32.7 Å². The molecule has 0 atom stereocenters. The van der Waals surface area contributed by atoms with Crippen molar-refractivity contribution in [3.8, 4) is 0 Å². The molecule has 28 heavy (non-hydrogen) atoms. The number of aliphatic imine (C=N–C) groups is 2. The quantitative estimate of drug-likeness (QED) is 0.535. The molecule has 0 aliphatic heterocycles. The molecule has 7 heteroatoms. The first-order valence-electron chi connectivity index (χ1n) is 8.74. The molecule has 1 heterocycles. The number of aromatic nitrogens is 2. The Morgan fingerprint density at radius 1 is 1.04 bits per heavy atom. The van der Waals surface area contributed by atoms with Crippen LogP contribution in [0.5, 0.6) is 0 Å². The summed E-state index contributed by atoms with van der Waals surface area (Å²) in [5.74, 6) is -0.853. The van der Waals surface area contributed by atoms with Gasteiger partial charge in [-0.25, -0.2) is 19.8 Å². The van der Waals surface area contributed by atoms with Gasteiger partial charge in [0.2, 0.25) is 5.96 Å². The molecule has 0 saturated heterocycles. The molecule has 0 amide bonds. The summed E-state index contributed by atoms with van der Waals surface area (Å²) >= 11 is 0. The predicted molar refractivity (Wildman–Crippen MR) is 111 cm³/mol. The van der Waals surface area contributed by atoms with Crippen LogP contribution in [-0.2, 0) is 0 Å². The van der Waals surface area contributed by atoms with Crippen molar-refractivity contribution in [1.29, 1.82) is 0 Å². The number of hydrogen-bond donors (Lipinski definition) is 2. The van der Waals surface area contributed by atoms with Gasteiger partial charge >= 0.3 is 5.97 Å². The van der Waals surface area contributed by atoms with Crippen LogP contribution in [0.15, 0.2) is 46.4 Å². The number of aromatic carboxylic acids is 1. The highest BCUT2D eigenvalue weighted by molar-refractivity contribution is 6.11. The van der Waals surface area contributed by atoms with Crippen molar-refractivity contribution in [2.45, 2.75) is 27.7 Å². The molecule has 0 spiro atoms. The van der Waals surface area contributed by atoms with Crippen molar-refractivity contribution in [3.63, 3.8) is 0 Å². The van der Waals surface area contributed by atoms with E-state index in [9.17, 15) is 9.90 Å². The maximum absolute atomic E-state index is 11.4. The van der Waals surface area contributed by atoms with Crippen molar-refractivity contribution in [2.75, 3.05) is 0 Å². The van der Waals surface area contributed by atoms with Crippen molar-refractivity contribution in [1.82, 2.24) is 9.97 Å². The Bertz CT molecular complexity index is 1150. The molecule has 7 nitrogen and oxygen atoms in total. The average molecular weight is 375 g/mol. The number of guanidine groups is 1. The standard InChI is InChI=1S/C21H21N5O2/c1-11-9-17-14(4)24-21(25-18(17)10-12(11)2)26-20(22)23-13(3)15-7-5-6-8-16(15)19(27)28/h5-10H,1-4H3,(H,27,28)(H2,22,24,25,26). The lowest BCUT2D eigenvalue weighted by molar-refractivity contribution is 0.0696. The first kappa shape index (κ1) is 19.2. The highest BCUT2D eigenvalue weighted by Gasteiger charge is 2.12. The van der Waals surface area contributed by atoms with Crippen LogP contribution in [0.3, 0.4) is 0 Å². The van der Waals surface area contributed by atoms with E-state index in [4.69, 9.17) is 5.73 Å². The molecule has 2 aromatic carbocycles. The number of carboxylic acid groups (broad SMARTS) is 1. The summed E-state index contributed by atoms with van der Waals surface area (Å²) in [5.41, 5.74) is 10.9. The summed E-state index contributed by atoms with van der Waals surface area (Å²) < 4.78 is 0. The van der Waals surface area contributed by atoms with E-state index in [0.29, 0.717) is 11.3 Å². The molecule has 0 radical (unpaired) electrons. The van der Waals surface area contributed by atoms with Gasteiger partial charge in [0.05, 0.1) is 16.8 Å². The molecule has 0 unspecified atom stereocenters. The summed E-state index contributed by atoms with van der Waals surface area (Å²) in [4.78, 5) is 28.7. The molecule has 142 valence electrons. The fourth-order valence-corrected chi connectivity index (χ4v) is 2.92. The molecule has 3 N–H and O–H groups in total. The Labute approximate surface area is 162 Å². The van der Waals surface area contributed by atoms with Gasteiger partial charge in [-0.1, -0.05) is 18.2 Å². The number of fused-ring (bicyclic) bond motifs is 1. The largest absolute Gasteiger partial charge is 0.478 e. The van der Waals surface area contributed by atoms with Gasteiger partial charge in [0, 0.05) is 16.7 Å². The van der Waals surface area contributed by atoms with Gasteiger partial charge in [0.25, 0.3) is 5.95 Å². The minimum atomic E-state index is -1.03. The van der Waals surface area contributed by atoms with Crippen LogP contribution in [0.4, 0.5) is 5.95 Å². The van der Waals surface area contributed by atoms with Crippen LogP contribution in [0, 0.1) is 20.8 Å². The zero-order valence-corrected chi connectivity index (χ0v) is 16.2. The van der Waals surface area contributed by atoms with E-state index >= 15 is 0 Å². The maximum atomic E-state index is 11.4. The SMILES string of the molecule is CC(=NC(N)=Nc1nc(C)c2cc(C)c(C)cc2n1)c1ccccc1C(=O)O. The van der Waals surface area contributed by atoms with E-state index in [1.807, 2.05) is 26.8 Å². The maximum Gasteiger partial charge on any atom is 0.336 e. The van der Waals surface area contributed by atoms with Crippen molar-refractivity contribution in [2.24, 2.45) is 15.7 Å². The van der Waals surface area contributed by atoms with Crippen molar-refractivity contribution in [3.05, 3.63) is 64.3 Å². The van der Waals surface area contributed by atoms with Crippen LogP contribution in [0.25, 0.3) is 10.9 Å². The monoisotopic (exact) mass is 375 g/mol. The number of nitrogens with zero attached hydrogens (tertiary/aromatic N) is 4. The molecule has 0 aliphatic carbocycles. The van der Waals surface area contributed by atoms with Gasteiger partial charge in [-0.15, -0.1) is 0 Å². The lowest BCUT2D eigenvalue weighted by Gasteiger charge is -2.07. The third-order valence-electron chi connectivity index (χ3n) is 4.53. The van der Waals surface area contributed by atoms with Crippen LogP contribution in [0.2, 0.25) is 0 Å². The van der Waals surface area contributed by atoms with Crippen molar-refractivity contribution >= 4 is 34.5 Å². The first-order valence-corrected chi connectivity index (χ1v) is 8.74. The van der Waals surface area contributed by atoms with E-state index in [0.717, 1.165) is 22.2 Å². The minimum absolute atomic E-state index is 0.0414. The Morgan fingerprint density at radius 2 is 1.68 bits per heavy atom. The number of carboxylic acids is 1. The molecular formula is C21H21N5O2. The third-order valence-corrected chi connectivity index (χ3v) is 4.53. The Hall–Kier alpha value is -3.61. The number of aryl methyl sites for hydroxylation is 3. The van der Waals surface area contributed by atoms with Gasteiger partial charge < -0.3 is 10.8 Å². The van der Waals surface area contributed by atoms with E-state index < -0.39 is 5.97 Å². The summed E-state index contributed by atoms with van der Waals surface area (Å²) in [6.45, 7) is 7.65. The Kier molecular flexibility index (Phi) is 5.17. The van der Waals surface area contributed by atoms with Crippen LogP contribution < -0.4 is 5.73 Å². The molecular weight excluding hydrogens is 354 g/mol. The van der Waals surface area contributed by atoms with Gasteiger partial charge in [-0.05, 0) is 57.0 Å². The third kappa shape index (κ3) is 3.88. The molecule has 0 bridgehead atoms. The summed E-state index contributed by atoms with van der Waals surface area (Å²) in [5, 5.41) is 10.3. The fourth-order valence-electron chi connectivity index (χ4n) is 2.92. The van der Waals surface area contributed by atoms with E-state index in [2.05, 4.69) is 26.0 Å². The lowest BCUT2D eigenvalue weighted by atomic mass is 10.0. The number of rotatable bonds is 3. The molecule has 1 aromatic heterocycles. The molecule has 0 fully saturated rings. The fraction of sp³-hybridized carbons (Fsp3) is 0.190. The zero-order valence-electron chi connectivity index (χ0n) is 16.2. The minimum Gasteiger partial charge on any atom is -0.478 e. The second-order valence-corrected chi connectivity index (χ2v) is 6.58.